The van der Waals surface area contributed by atoms with Crippen LogP contribution >= 0.6 is 22.6 Å². The summed E-state index contributed by atoms with van der Waals surface area (Å²) in [6.45, 7) is 3.71. The second-order valence-corrected chi connectivity index (χ2v) is 5.22. The summed E-state index contributed by atoms with van der Waals surface area (Å²) in [6.07, 6.45) is 1.70. The standard InChI is InChI=1S/C14H11IO3/c1-2-12(15)13-10-6-4-9(16)7-8(10)3-5-11(13)14(17)18/h2-7,12,16H,1H2,(H,17,18). The molecule has 0 aliphatic rings. The topological polar surface area (TPSA) is 57.5 Å². The first-order chi connectivity index (χ1) is 8.54. The first-order valence-electron chi connectivity index (χ1n) is 5.30. The lowest BCUT2D eigenvalue weighted by Gasteiger charge is -2.13. The minimum atomic E-state index is -0.955. The second kappa shape index (κ2) is 4.97. The zero-order valence-corrected chi connectivity index (χ0v) is 11.6. The minimum Gasteiger partial charge on any atom is -0.508 e. The van der Waals surface area contributed by atoms with E-state index in [-0.39, 0.29) is 15.2 Å². The Labute approximate surface area is 118 Å². The number of hydrogen-bond donors (Lipinski definition) is 2. The van der Waals surface area contributed by atoms with Gasteiger partial charge in [-0.1, -0.05) is 40.8 Å². The maximum Gasteiger partial charge on any atom is 0.336 e. The molecule has 0 aliphatic heterocycles. The van der Waals surface area contributed by atoms with E-state index in [9.17, 15) is 15.0 Å². The maximum absolute atomic E-state index is 11.3. The Morgan fingerprint density at radius 3 is 2.67 bits per heavy atom. The summed E-state index contributed by atoms with van der Waals surface area (Å²) in [5.41, 5.74) is 0.989. The van der Waals surface area contributed by atoms with Crippen LogP contribution in [0.5, 0.6) is 5.75 Å². The zero-order valence-electron chi connectivity index (χ0n) is 9.43. The maximum atomic E-state index is 11.3. The van der Waals surface area contributed by atoms with Crippen molar-refractivity contribution < 1.29 is 15.0 Å². The third-order valence-corrected chi connectivity index (χ3v) is 3.89. The lowest BCUT2D eigenvalue weighted by atomic mass is 9.96. The van der Waals surface area contributed by atoms with Gasteiger partial charge in [0, 0.05) is 0 Å². The molecule has 0 radical (unpaired) electrons. The van der Waals surface area contributed by atoms with Crippen molar-refractivity contribution in [3.8, 4) is 5.75 Å². The monoisotopic (exact) mass is 354 g/mol. The van der Waals surface area contributed by atoms with Gasteiger partial charge in [0.25, 0.3) is 0 Å². The van der Waals surface area contributed by atoms with Crippen LogP contribution in [0.15, 0.2) is 43.0 Å². The first-order valence-corrected chi connectivity index (χ1v) is 6.54. The van der Waals surface area contributed by atoms with Gasteiger partial charge in [0.05, 0.1) is 9.49 Å². The zero-order chi connectivity index (χ0) is 13.3. The van der Waals surface area contributed by atoms with E-state index in [1.807, 2.05) is 0 Å². The number of halogens is 1. The smallest absolute Gasteiger partial charge is 0.336 e. The molecule has 0 aliphatic carbocycles. The summed E-state index contributed by atoms with van der Waals surface area (Å²) in [6, 6.07) is 8.19. The van der Waals surface area contributed by atoms with Gasteiger partial charge in [-0.05, 0) is 34.5 Å². The van der Waals surface area contributed by atoms with Gasteiger partial charge in [0.2, 0.25) is 0 Å². The molecule has 0 aromatic heterocycles. The van der Waals surface area contributed by atoms with Crippen LogP contribution in [0.2, 0.25) is 0 Å². The predicted molar refractivity (Wildman–Crippen MR) is 79.5 cm³/mol. The van der Waals surface area contributed by atoms with Crippen molar-refractivity contribution in [1.29, 1.82) is 0 Å². The van der Waals surface area contributed by atoms with Gasteiger partial charge in [-0.2, -0.15) is 0 Å². The average molecular weight is 354 g/mol. The SMILES string of the molecule is C=CC(I)c1c(C(=O)O)ccc2cc(O)ccc12. The highest BCUT2D eigenvalue weighted by Crippen LogP contribution is 2.35. The highest BCUT2D eigenvalue weighted by atomic mass is 127. The van der Waals surface area contributed by atoms with Gasteiger partial charge < -0.3 is 10.2 Å². The molecule has 18 heavy (non-hydrogen) atoms. The molecule has 2 aromatic carbocycles. The van der Waals surface area contributed by atoms with E-state index in [0.717, 1.165) is 16.3 Å². The van der Waals surface area contributed by atoms with Crippen molar-refractivity contribution in [2.75, 3.05) is 0 Å². The van der Waals surface area contributed by atoms with Crippen LogP contribution < -0.4 is 0 Å². The highest BCUT2D eigenvalue weighted by Gasteiger charge is 2.17. The van der Waals surface area contributed by atoms with Crippen molar-refractivity contribution in [3.05, 3.63) is 54.1 Å². The molecular formula is C14H11IO3. The number of aromatic hydroxyl groups is 1. The number of carboxylic acids is 1. The Balaban J connectivity index is 2.84. The van der Waals surface area contributed by atoms with Gasteiger partial charge in [-0.15, -0.1) is 6.58 Å². The van der Waals surface area contributed by atoms with Gasteiger partial charge in [0.1, 0.15) is 5.75 Å². The highest BCUT2D eigenvalue weighted by molar-refractivity contribution is 14.1. The number of rotatable bonds is 3. The molecule has 0 heterocycles. The van der Waals surface area contributed by atoms with E-state index in [1.165, 1.54) is 0 Å². The van der Waals surface area contributed by atoms with Crippen molar-refractivity contribution >= 4 is 39.3 Å². The molecule has 0 fully saturated rings. The van der Waals surface area contributed by atoms with Crippen LogP contribution in [0.25, 0.3) is 10.8 Å². The van der Waals surface area contributed by atoms with Crippen LogP contribution in [-0.2, 0) is 0 Å². The summed E-state index contributed by atoms with van der Waals surface area (Å²) in [4.78, 5) is 11.3. The fourth-order valence-electron chi connectivity index (χ4n) is 1.94. The predicted octanol–water partition coefficient (Wildman–Crippen LogP) is 3.91. The number of fused-ring (bicyclic) bond motifs is 1. The van der Waals surface area contributed by atoms with Gasteiger partial charge in [0.15, 0.2) is 0 Å². The molecule has 2 N–H and O–H groups in total. The number of benzene rings is 2. The molecule has 92 valence electrons. The Hall–Kier alpha value is -1.56. The lowest BCUT2D eigenvalue weighted by Crippen LogP contribution is -2.03. The van der Waals surface area contributed by atoms with E-state index in [0.29, 0.717) is 0 Å². The molecule has 0 amide bonds. The molecule has 0 saturated carbocycles. The number of phenols is 1. The number of aromatic carboxylic acids is 1. The van der Waals surface area contributed by atoms with Crippen molar-refractivity contribution in [2.24, 2.45) is 0 Å². The largest absolute Gasteiger partial charge is 0.508 e. The summed E-state index contributed by atoms with van der Waals surface area (Å²) >= 11 is 2.14. The summed E-state index contributed by atoms with van der Waals surface area (Å²) in [5, 5.41) is 20.3. The van der Waals surface area contributed by atoms with Crippen LogP contribution in [0.4, 0.5) is 0 Å². The van der Waals surface area contributed by atoms with Crippen LogP contribution in [-0.4, -0.2) is 16.2 Å². The van der Waals surface area contributed by atoms with E-state index >= 15 is 0 Å². The van der Waals surface area contributed by atoms with Crippen molar-refractivity contribution in [1.82, 2.24) is 0 Å². The molecular weight excluding hydrogens is 343 g/mol. The fraction of sp³-hybridized carbons (Fsp3) is 0.0714. The Kier molecular flexibility index (Phi) is 3.56. The summed E-state index contributed by atoms with van der Waals surface area (Å²) in [7, 11) is 0. The molecule has 1 unspecified atom stereocenters. The first kappa shape index (κ1) is 12.9. The second-order valence-electron chi connectivity index (χ2n) is 3.87. The average Bonchev–Trinajstić information content (AvgIpc) is 2.35. The number of allylic oxidation sites excluding steroid dienone is 1. The number of carboxylic acid groups (broad SMARTS) is 1. The third-order valence-electron chi connectivity index (χ3n) is 2.76. The van der Waals surface area contributed by atoms with Crippen molar-refractivity contribution in [3.63, 3.8) is 0 Å². The van der Waals surface area contributed by atoms with E-state index in [2.05, 4.69) is 29.2 Å². The van der Waals surface area contributed by atoms with Crippen LogP contribution in [0.1, 0.15) is 19.8 Å². The number of phenolic OH excluding ortho intramolecular Hbond substituents is 1. The van der Waals surface area contributed by atoms with Gasteiger partial charge >= 0.3 is 5.97 Å². The Bertz CT molecular complexity index is 634. The van der Waals surface area contributed by atoms with Crippen LogP contribution in [0, 0.1) is 0 Å². The van der Waals surface area contributed by atoms with E-state index in [1.54, 1.807) is 36.4 Å². The third kappa shape index (κ3) is 2.20. The normalized spacial score (nSPS) is 12.3. The molecule has 2 rings (SSSR count). The minimum absolute atomic E-state index is 0.0954. The van der Waals surface area contributed by atoms with Crippen LogP contribution in [0.3, 0.4) is 0 Å². The number of hydrogen-bond acceptors (Lipinski definition) is 2. The van der Waals surface area contributed by atoms with Gasteiger partial charge in [-0.3, -0.25) is 0 Å². The molecule has 1 atom stereocenters. The molecule has 0 bridgehead atoms. The number of carbonyl (C=O) groups is 1. The molecule has 3 nitrogen and oxygen atoms in total. The molecule has 4 heteroatoms. The molecule has 0 saturated heterocycles. The van der Waals surface area contributed by atoms with Gasteiger partial charge in [-0.25, -0.2) is 4.79 Å². The summed E-state index contributed by atoms with van der Waals surface area (Å²) < 4.78 is -0.0954. The number of alkyl halides is 1. The van der Waals surface area contributed by atoms with E-state index < -0.39 is 5.97 Å². The Morgan fingerprint density at radius 2 is 2.06 bits per heavy atom. The Morgan fingerprint density at radius 1 is 1.33 bits per heavy atom. The molecule has 0 spiro atoms. The lowest BCUT2D eigenvalue weighted by molar-refractivity contribution is 0.0696. The van der Waals surface area contributed by atoms with Crippen molar-refractivity contribution in [2.45, 2.75) is 3.92 Å². The fourth-order valence-corrected chi connectivity index (χ4v) is 2.61. The van der Waals surface area contributed by atoms with E-state index in [4.69, 9.17) is 0 Å². The summed E-state index contributed by atoms with van der Waals surface area (Å²) in [5.74, 6) is -0.788. The molecule has 2 aromatic rings. The quantitative estimate of drug-likeness (QED) is 0.499.